The summed E-state index contributed by atoms with van der Waals surface area (Å²) in [6.45, 7) is 4.42. The molecule has 2 unspecified atom stereocenters. The molecule has 1 heteroatoms. The van der Waals surface area contributed by atoms with Gasteiger partial charge < -0.3 is 5.11 Å². The van der Waals surface area contributed by atoms with E-state index in [2.05, 4.69) is 13.8 Å². The van der Waals surface area contributed by atoms with Gasteiger partial charge >= 0.3 is 0 Å². The Morgan fingerprint density at radius 2 is 2.18 bits per heavy atom. The standard InChI is InChI=1S/C10H20O/c1-3-7-10(4-2)8-5-6-9(10)11/h9,11H,3-8H2,1-2H3. The maximum atomic E-state index is 9.77. The van der Waals surface area contributed by atoms with Gasteiger partial charge in [0.2, 0.25) is 0 Å². The van der Waals surface area contributed by atoms with Gasteiger partial charge in [-0.3, -0.25) is 0 Å². The van der Waals surface area contributed by atoms with Crippen LogP contribution in [-0.4, -0.2) is 11.2 Å². The summed E-state index contributed by atoms with van der Waals surface area (Å²) in [4.78, 5) is 0. The summed E-state index contributed by atoms with van der Waals surface area (Å²) in [5.41, 5.74) is 0.300. The highest BCUT2D eigenvalue weighted by Gasteiger charge is 2.39. The van der Waals surface area contributed by atoms with E-state index in [9.17, 15) is 5.11 Å². The second-order valence-electron chi connectivity index (χ2n) is 3.87. The van der Waals surface area contributed by atoms with E-state index in [0.717, 1.165) is 12.8 Å². The Bertz CT molecular complexity index is 122. The molecule has 1 fully saturated rings. The monoisotopic (exact) mass is 156 g/mol. The van der Waals surface area contributed by atoms with Gasteiger partial charge in [0.05, 0.1) is 6.10 Å². The van der Waals surface area contributed by atoms with Crippen molar-refractivity contribution in [2.75, 3.05) is 0 Å². The molecule has 0 amide bonds. The first-order chi connectivity index (χ1) is 5.25. The van der Waals surface area contributed by atoms with Crippen molar-refractivity contribution in [3.8, 4) is 0 Å². The number of hydrogen-bond acceptors (Lipinski definition) is 1. The Morgan fingerprint density at radius 3 is 2.55 bits per heavy atom. The van der Waals surface area contributed by atoms with Gasteiger partial charge in [0.15, 0.2) is 0 Å². The number of hydrogen-bond donors (Lipinski definition) is 1. The molecule has 1 aliphatic carbocycles. The summed E-state index contributed by atoms with van der Waals surface area (Å²) in [6, 6.07) is 0. The molecule has 0 heterocycles. The van der Waals surface area contributed by atoms with Crippen molar-refractivity contribution in [2.45, 2.75) is 58.5 Å². The maximum absolute atomic E-state index is 9.77. The van der Waals surface area contributed by atoms with E-state index in [-0.39, 0.29) is 6.10 Å². The lowest BCUT2D eigenvalue weighted by Crippen LogP contribution is -2.28. The van der Waals surface area contributed by atoms with Crippen molar-refractivity contribution in [2.24, 2.45) is 5.41 Å². The minimum atomic E-state index is -0.00699. The van der Waals surface area contributed by atoms with Crippen LogP contribution in [0.25, 0.3) is 0 Å². The third-order valence-corrected chi connectivity index (χ3v) is 3.31. The molecule has 1 N–H and O–H groups in total. The van der Waals surface area contributed by atoms with Crippen LogP contribution in [0, 0.1) is 5.41 Å². The Kier molecular flexibility index (Phi) is 2.94. The summed E-state index contributed by atoms with van der Waals surface area (Å²) in [5, 5.41) is 9.77. The van der Waals surface area contributed by atoms with Crippen LogP contribution < -0.4 is 0 Å². The Morgan fingerprint density at radius 1 is 1.45 bits per heavy atom. The molecule has 11 heavy (non-hydrogen) atoms. The first kappa shape index (κ1) is 9.05. The SMILES string of the molecule is CCCC1(CC)CCCC1O. The Labute approximate surface area is 69.8 Å². The van der Waals surface area contributed by atoms with E-state index in [0.29, 0.717) is 5.41 Å². The summed E-state index contributed by atoms with van der Waals surface area (Å²) < 4.78 is 0. The van der Waals surface area contributed by atoms with Crippen molar-refractivity contribution in [1.82, 2.24) is 0 Å². The van der Waals surface area contributed by atoms with Crippen LogP contribution >= 0.6 is 0 Å². The molecule has 1 rings (SSSR count). The topological polar surface area (TPSA) is 20.2 Å². The molecule has 0 spiro atoms. The number of rotatable bonds is 3. The highest BCUT2D eigenvalue weighted by molar-refractivity contribution is 4.90. The molecule has 66 valence electrons. The molecule has 0 bridgehead atoms. The fraction of sp³-hybridized carbons (Fsp3) is 1.00. The lowest BCUT2D eigenvalue weighted by Gasteiger charge is -2.31. The molecule has 0 saturated heterocycles. The highest BCUT2D eigenvalue weighted by atomic mass is 16.3. The van der Waals surface area contributed by atoms with Gasteiger partial charge in [-0.2, -0.15) is 0 Å². The van der Waals surface area contributed by atoms with Crippen LogP contribution in [-0.2, 0) is 0 Å². The summed E-state index contributed by atoms with van der Waals surface area (Å²) in [7, 11) is 0. The average Bonchev–Trinajstić information content (AvgIpc) is 2.35. The normalized spacial score (nSPS) is 37.9. The quantitative estimate of drug-likeness (QED) is 0.666. The zero-order valence-corrected chi connectivity index (χ0v) is 7.77. The lowest BCUT2D eigenvalue weighted by atomic mass is 9.77. The largest absolute Gasteiger partial charge is 0.393 e. The first-order valence-electron chi connectivity index (χ1n) is 4.93. The van der Waals surface area contributed by atoms with Gasteiger partial charge in [-0.15, -0.1) is 0 Å². The molecule has 0 radical (unpaired) electrons. The zero-order valence-electron chi connectivity index (χ0n) is 7.77. The molecule has 1 saturated carbocycles. The third-order valence-electron chi connectivity index (χ3n) is 3.31. The predicted octanol–water partition coefficient (Wildman–Crippen LogP) is 2.73. The molecule has 0 aliphatic heterocycles. The fourth-order valence-corrected chi connectivity index (χ4v) is 2.50. The van der Waals surface area contributed by atoms with Crippen molar-refractivity contribution in [1.29, 1.82) is 0 Å². The summed E-state index contributed by atoms with van der Waals surface area (Å²) in [6.07, 6.45) is 7.09. The van der Waals surface area contributed by atoms with Crippen LogP contribution in [0.15, 0.2) is 0 Å². The first-order valence-corrected chi connectivity index (χ1v) is 4.93. The van der Waals surface area contributed by atoms with Crippen molar-refractivity contribution in [3.63, 3.8) is 0 Å². The predicted molar refractivity (Wildman–Crippen MR) is 47.5 cm³/mol. The van der Waals surface area contributed by atoms with Crippen molar-refractivity contribution in [3.05, 3.63) is 0 Å². The summed E-state index contributed by atoms with van der Waals surface area (Å²) >= 11 is 0. The minimum Gasteiger partial charge on any atom is -0.393 e. The third kappa shape index (κ3) is 1.58. The van der Waals surface area contributed by atoms with E-state index in [1.54, 1.807) is 0 Å². The Balaban J connectivity index is 2.57. The van der Waals surface area contributed by atoms with Gasteiger partial charge in [0, 0.05) is 0 Å². The van der Waals surface area contributed by atoms with Gasteiger partial charge in [-0.25, -0.2) is 0 Å². The smallest absolute Gasteiger partial charge is 0.0596 e. The molecule has 1 nitrogen and oxygen atoms in total. The average molecular weight is 156 g/mol. The molecular formula is C10H20O. The second-order valence-corrected chi connectivity index (χ2v) is 3.87. The Hall–Kier alpha value is -0.0400. The maximum Gasteiger partial charge on any atom is 0.0596 e. The van der Waals surface area contributed by atoms with E-state index < -0.39 is 0 Å². The van der Waals surface area contributed by atoms with Crippen molar-refractivity contribution >= 4 is 0 Å². The second kappa shape index (κ2) is 3.57. The van der Waals surface area contributed by atoms with Gasteiger partial charge in [0.25, 0.3) is 0 Å². The van der Waals surface area contributed by atoms with E-state index >= 15 is 0 Å². The highest BCUT2D eigenvalue weighted by Crippen LogP contribution is 2.44. The fourth-order valence-electron chi connectivity index (χ4n) is 2.50. The van der Waals surface area contributed by atoms with Crippen molar-refractivity contribution < 1.29 is 5.11 Å². The van der Waals surface area contributed by atoms with Crippen LogP contribution in [0.3, 0.4) is 0 Å². The lowest BCUT2D eigenvalue weighted by molar-refractivity contribution is 0.0419. The minimum absolute atomic E-state index is 0.00699. The molecule has 0 aromatic heterocycles. The zero-order chi connectivity index (χ0) is 8.32. The molecule has 0 aromatic carbocycles. The number of aliphatic hydroxyl groups is 1. The van der Waals surface area contributed by atoms with E-state index in [4.69, 9.17) is 0 Å². The molecule has 0 aromatic rings. The van der Waals surface area contributed by atoms with Crippen LogP contribution in [0.5, 0.6) is 0 Å². The summed E-state index contributed by atoms with van der Waals surface area (Å²) in [5.74, 6) is 0. The van der Waals surface area contributed by atoms with Gasteiger partial charge in [-0.05, 0) is 31.1 Å². The van der Waals surface area contributed by atoms with E-state index in [1.165, 1.54) is 25.7 Å². The van der Waals surface area contributed by atoms with Crippen LogP contribution in [0.2, 0.25) is 0 Å². The molecule has 1 aliphatic rings. The van der Waals surface area contributed by atoms with Crippen LogP contribution in [0.1, 0.15) is 52.4 Å². The molecular weight excluding hydrogens is 136 g/mol. The number of aliphatic hydroxyl groups excluding tert-OH is 1. The van der Waals surface area contributed by atoms with Gasteiger partial charge in [0.1, 0.15) is 0 Å². The molecule has 2 atom stereocenters. The van der Waals surface area contributed by atoms with Gasteiger partial charge in [-0.1, -0.05) is 26.7 Å². The van der Waals surface area contributed by atoms with Crippen LogP contribution in [0.4, 0.5) is 0 Å². The van der Waals surface area contributed by atoms with E-state index in [1.807, 2.05) is 0 Å².